The van der Waals surface area contributed by atoms with E-state index in [1.54, 1.807) is 6.20 Å². The van der Waals surface area contributed by atoms with Gasteiger partial charge in [-0.15, -0.1) is 0 Å². The zero-order valence-electron chi connectivity index (χ0n) is 7.63. The van der Waals surface area contributed by atoms with E-state index in [4.69, 9.17) is 5.73 Å². The van der Waals surface area contributed by atoms with Crippen molar-refractivity contribution in [3.63, 3.8) is 0 Å². The maximum atomic E-state index is 5.89. The highest BCUT2D eigenvalue weighted by Crippen LogP contribution is 2.35. The first kappa shape index (κ1) is 10.2. The van der Waals surface area contributed by atoms with Crippen molar-refractivity contribution in [3.8, 4) is 0 Å². The SMILES string of the molecule is Nc1c(Br)cnc(N2CCCC2)c1Br. The van der Waals surface area contributed by atoms with Crippen molar-refractivity contribution in [1.29, 1.82) is 0 Å². The second-order valence-electron chi connectivity index (χ2n) is 3.35. The number of anilines is 2. The van der Waals surface area contributed by atoms with E-state index < -0.39 is 0 Å². The molecule has 14 heavy (non-hydrogen) atoms. The molecule has 1 saturated heterocycles. The molecule has 76 valence electrons. The summed E-state index contributed by atoms with van der Waals surface area (Å²) in [6, 6.07) is 0. The third-order valence-electron chi connectivity index (χ3n) is 2.40. The first-order valence-electron chi connectivity index (χ1n) is 4.54. The zero-order chi connectivity index (χ0) is 10.1. The van der Waals surface area contributed by atoms with Crippen LogP contribution in [0.2, 0.25) is 0 Å². The lowest BCUT2D eigenvalue weighted by Gasteiger charge is -2.18. The third-order valence-corrected chi connectivity index (χ3v) is 3.81. The minimum absolute atomic E-state index is 0.724. The number of pyridine rings is 1. The molecule has 0 spiro atoms. The van der Waals surface area contributed by atoms with Crippen LogP contribution in [0.15, 0.2) is 15.1 Å². The molecule has 0 amide bonds. The Balaban J connectivity index is 2.38. The lowest BCUT2D eigenvalue weighted by molar-refractivity contribution is 0.932. The molecule has 0 saturated carbocycles. The molecule has 0 unspecified atom stereocenters. The van der Waals surface area contributed by atoms with Gasteiger partial charge in [0.15, 0.2) is 0 Å². The smallest absolute Gasteiger partial charge is 0.145 e. The minimum atomic E-state index is 0.724. The highest BCUT2D eigenvalue weighted by molar-refractivity contribution is 9.11. The normalized spacial score (nSPS) is 16.3. The maximum absolute atomic E-state index is 5.89. The summed E-state index contributed by atoms with van der Waals surface area (Å²) in [4.78, 5) is 6.63. The van der Waals surface area contributed by atoms with E-state index in [0.717, 1.165) is 33.5 Å². The monoisotopic (exact) mass is 319 g/mol. The molecule has 2 heterocycles. The largest absolute Gasteiger partial charge is 0.397 e. The van der Waals surface area contributed by atoms with Crippen LogP contribution < -0.4 is 10.6 Å². The number of nitrogen functional groups attached to an aromatic ring is 1. The quantitative estimate of drug-likeness (QED) is 0.865. The molecular formula is C9H11Br2N3. The molecule has 1 aromatic heterocycles. The first-order valence-corrected chi connectivity index (χ1v) is 6.13. The average molecular weight is 321 g/mol. The Hall–Kier alpha value is -0.290. The van der Waals surface area contributed by atoms with Crippen molar-refractivity contribution >= 4 is 43.4 Å². The fourth-order valence-electron chi connectivity index (χ4n) is 1.62. The van der Waals surface area contributed by atoms with Gasteiger partial charge in [0.2, 0.25) is 0 Å². The van der Waals surface area contributed by atoms with E-state index in [2.05, 4.69) is 41.7 Å². The summed E-state index contributed by atoms with van der Waals surface area (Å²) in [6.07, 6.45) is 4.24. The number of nitrogens with two attached hydrogens (primary N) is 1. The molecule has 1 aliphatic rings. The Labute approximate surface area is 99.9 Å². The molecule has 5 heteroatoms. The summed E-state index contributed by atoms with van der Waals surface area (Å²) in [5.41, 5.74) is 6.61. The summed E-state index contributed by atoms with van der Waals surface area (Å²) in [7, 11) is 0. The molecule has 0 bridgehead atoms. The number of hydrogen-bond donors (Lipinski definition) is 1. The zero-order valence-corrected chi connectivity index (χ0v) is 10.8. The summed E-state index contributed by atoms with van der Waals surface area (Å²) < 4.78 is 1.74. The average Bonchev–Trinajstić information content (AvgIpc) is 2.67. The number of hydrogen-bond acceptors (Lipinski definition) is 3. The van der Waals surface area contributed by atoms with Crippen LogP contribution in [0.5, 0.6) is 0 Å². The molecule has 3 nitrogen and oxygen atoms in total. The van der Waals surface area contributed by atoms with E-state index >= 15 is 0 Å². The Morgan fingerprint density at radius 3 is 2.57 bits per heavy atom. The Morgan fingerprint density at radius 2 is 1.93 bits per heavy atom. The Morgan fingerprint density at radius 1 is 1.29 bits per heavy atom. The van der Waals surface area contributed by atoms with Crippen molar-refractivity contribution in [1.82, 2.24) is 4.98 Å². The van der Waals surface area contributed by atoms with Gasteiger partial charge in [0.25, 0.3) is 0 Å². The molecule has 0 radical (unpaired) electrons. The number of halogens is 2. The van der Waals surface area contributed by atoms with Gasteiger partial charge in [0.1, 0.15) is 5.82 Å². The molecule has 1 aliphatic heterocycles. The van der Waals surface area contributed by atoms with E-state index in [-0.39, 0.29) is 0 Å². The van der Waals surface area contributed by atoms with E-state index in [0.29, 0.717) is 0 Å². The van der Waals surface area contributed by atoms with Crippen molar-refractivity contribution in [2.45, 2.75) is 12.8 Å². The molecular weight excluding hydrogens is 310 g/mol. The molecule has 0 aromatic carbocycles. The Bertz CT molecular complexity index is 348. The Kier molecular flexibility index (Phi) is 2.97. The van der Waals surface area contributed by atoms with Gasteiger partial charge < -0.3 is 10.6 Å². The van der Waals surface area contributed by atoms with Crippen LogP contribution in [0, 0.1) is 0 Å². The van der Waals surface area contributed by atoms with E-state index in [9.17, 15) is 0 Å². The molecule has 0 aliphatic carbocycles. The van der Waals surface area contributed by atoms with E-state index in [1.165, 1.54) is 12.8 Å². The van der Waals surface area contributed by atoms with E-state index in [1.807, 2.05) is 0 Å². The van der Waals surface area contributed by atoms with Gasteiger partial charge in [-0.05, 0) is 44.7 Å². The van der Waals surface area contributed by atoms with Crippen LogP contribution in [0.4, 0.5) is 11.5 Å². The lowest BCUT2D eigenvalue weighted by atomic mass is 10.4. The predicted octanol–water partition coefficient (Wildman–Crippen LogP) is 2.79. The second-order valence-corrected chi connectivity index (χ2v) is 5.00. The lowest BCUT2D eigenvalue weighted by Crippen LogP contribution is -2.19. The summed E-state index contributed by atoms with van der Waals surface area (Å²) >= 11 is 6.83. The summed E-state index contributed by atoms with van der Waals surface area (Å²) in [5.74, 6) is 0.961. The number of nitrogens with zero attached hydrogens (tertiary/aromatic N) is 2. The van der Waals surface area contributed by atoms with Crippen molar-refractivity contribution in [3.05, 3.63) is 15.1 Å². The van der Waals surface area contributed by atoms with Gasteiger partial charge in [-0.3, -0.25) is 0 Å². The van der Waals surface area contributed by atoms with Crippen molar-refractivity contribution < 1.29 is 0 Å². The van der Waals surface area contributed by atoms with Gasteiger partial charge in [0.05, 0.1) is 14.6 Å². The number of aromatic nitrogens is 1. The molecule has 0 atom stereocenters. The van der Waals surface area contributed by atoms with Crippen LogP contribution >= 0.6 is 31.9 Å². The standard InChI is InChI=1S/C9H11Br2N3/c10-6-5-13-9(7(11)8(6)12)14-3-1-2-4-14/h5H,1-4H2,(H2,12,13). The van der Waals surface area contributed by atoms with Crippen LogP contribution in [0.3, 0.4) is 0 Å². The molecule has 2 rings (SSSR count). The van der Waals surface area contributed by atoms with Crippen molar-refractivity contribution in [2.75, 3.05) is 23.7 Å². The fourth-order valence-corrected chi connectivity index (χ4v) is 2.75. The van der Waals surface area contributed by atoms with Crippen LogP contribution in [0.25, 0.3) is 0 Å². The van der Waals surface area contributed by atoms with Crippen LogP contribution in [0.1, 0.15) is 12.8 Å². The highest BCUT2D eigenvalue weighted by atomic mass is 79.9. The topological polar surface area (TPSA) is 42.1 Å². The van der Waals surface area contributed by atoms with Crippen LogP contribution in [-0.2, 0) is 0 Å². The molecule has 2 N–H and O–H groups in total. The maximum Gasteiger partial charge on any atom is 0.145 e. The van der Waals surface area contributed by atoms with Gasteiger partial charge in [0, 0.05) is 19.3 Å². The van der Waals surface area contributed by atoms with Gasteiger partial charge in [-0.2, -0.15) is 0 Å². The summed E-state index contributed by atoms with van der Waals surface area (Å²) in [6.45, 7) is 2.15. The fraction of sp³-hybridized carbons (Fsp3) is 0.444. The molecule has 1 fully saturated rings. The van der Waals surface area contributed by atoms with Crippen LogP contribution in [-0.4, -0.2) is 18.1 Å². The van der Waals surface area contributed by atoms with Gasteiger partial charge >= 0.3 is 0 Å². The van der Waals surface area contributed by atoms with Crippen molar-refractivity contribution in [2.24, 2.45) is 0 Å². The van der Waals surface area contributed by atoms with Gasteiger partial charge in [-0.25, -0.2) is 4.98 Å². The highest BCUT2D eigenvalue weighted by Gasteiger charge is 2.18. The molecule has 1 aromatic rings. The second kappa shape index (κ2) is 4.06. The third kappa shape index (κ3) is 1.75. The van der Waals surface area contributed by atoms with Gasteiger partial charge in [-0.1, -0.05) is 0 Å². The predicted molar refractivity (Wildman–Crippen MR) is 65.5 cm³/mol. The first-order chi connectivity index (χ1) is 6.70. The minimum Gasteiger partial charge on any atom is -0.397 e. The number of rotatable bonds is 1. The summed E-state index contributed by atoms with van der Waals surface area (Å²) in [5, 5.41) is 0.